The summed E-state index contributed by atoms with van der Waals surface area (Å²) in [6.07, 6.45) is -3.25. The van der Waals surface area contributed by atoms with Gasteiger partial charge in [0.1, 0.15) is 0 Å². The van der Waals surface area contributed by atoms with E-state index in [0.29, 0.717) is 15.8 Å². The Morgan fingerprint density at radius 2 is 2.10 bits per heavy atom. The molecule has 0 aliphatic heterocycles. The molecule has 0 spiro atoms. The van der Waals surface area contributed by atoms with E-state index >= 15 is 0 Å². The number of rotatable bonds is 2. The third-order valence-electron chi connectivity index (χ3n) is 3.04. The fourth-order valence-corrected chi connectivity index (χ4v) is 3.10. The minimum atomic E-state index is -4.46. The summed E-state index contributed by atoms with van der Waals surface area (Å²) in [6.45, 7) is 2.25. The highest BCUT2D eigenvalue weighted by atomic mass is 35.5. The summed E-state index contributed by atoms with van der Waals surface area (Å²) in [4.78, 5) is 4.91. The molecule has 0 radical (unpaired) electrons. The summed E-state index contributed by atoms with van der Waals surface area (Å²) in [5, 5.41) is 3.97. The first kappa shape index (κ1) is 14.3. The van der Waals surface area contributed by atoms with Gasteiger partial charge in [0.15, 0.2) is 5.65 Å². The molecule has 110 valence electrons. The van der Waals surface area contributed by atoms with Gasteiger partial charge < -0.3 is 0 Å². The van der Waals surface area contributed by atoms with Crippen molar-refractivity contribution < 1.29 is 13.2 Å². The zero-order valence-electron chi connectivity index (χ0n) is 10.8. The van der Waals surface area contributed by atoms with E-state index in [1.807, 2.05) is 0 Å². The average Bonchev–Trinajstić information content (AvgIpc) is 3.02. The number of hydrogen-bond acceptors (Lipinski definition) is 3. The molecule has 0 bridgehead atoms. The van der Waals surface area contributed by atoms with Crippen LogP contribution in [0.15, 0.2) is 24.4 Å². The van der Waals surface area contributed by atoms with E-state index in [-0.39, 0.29) is 16.7 Å². The molecule has 3 rings (SSSR count). The zero-order valence-corrected chi connectivity index (χ0v) is 12.4. The molecular weight excluding hydrogens is 323 g/mol. The van der Waals surface area contributed by atoms with Crippen molar-refractivity contribution in [2.24, 2.45) is 0 Å². The summed E-state index contributed by atoms with van der Waals surface area (Å²) >= 11 is 7.04. The molecule has 0 aliphatic rings. The Kier molecular flexibility index (Phi) is 3.41. The lowest BCUT2D eigenvalue weighted by Crippen LogP contribution is -2.07. The van der Waals surface area contributed by atoms with Gasteiger partial charge in [0.05, 0.1) is 32.1 Å². The van der Waals surface area contributed by atoms with Gasteiger partial charge in [-0.25, -0.2) is 9.67 Å². The predicted molar refractivity (Wildman–Crippen MR) is 76.5 cm³/mol. The number of pyridine rings is 1. The summed E-state index contributed by atoms with van der Waals surface area (Å²) in [5.74, 6) is 0. The molecule has 3 heterocycles. The van der Waals surface area contributed by atoms with Crippen molar-refractivity contribution in [1.29, 1.82) is 0 Å². The van der Waals surface area contributed by atoms with Crippen LogP contribution < -0.4 is 0 Å². The minimum absolute atomic E-state index is 0.00996. The molecule has 3 aromatic rings. The number of thiophene rings is 1. The maximum absolute atomic E-state index is 13.2. The molecule has 8 heteroatoms. The van der Waals surface area contributed by atoms with Crippen molar-refractivity contribution in [3.05, 3.63) is 34.3 Å². The molecule has 0 atom stereocenters. The van der Waals surface area contributed by atoms with Crippen LogP contribution in [-0.4, -0.2) is 14.8 Å². The van der Waals surface area contributed by atoms with E-state index in [9.17, 15) is 13.2 Å². The van der Waals surface area contributed by atoms with E-state index < -0.39 is 11.7 Å². The van der Waals surface area contributed by atoms with Crippen molar-refractivity contribution in [2.75, 3.05) is 0 Å². The van der Waals surface area contributed by atoms with Crippen LogP contribution in [0.4, 0.5) is 13.2 Å². The van der Waals surface area contributed by atoms with Gasteiger partial charge in [0, 0.05) is 6.54 Å². The molecular formula is C13H9ClF3N3S. The molecule has 0 saturated heterocycles. The highest BCUT2D eigenvalue weighted by molar-refractivity contribution is 7.19. The molecule has 0 N–H and O–H groups in total. The van der Waals surface area contributed by atoms with E-state index in [2.05, 4.69) is 10.1 Å². The smallest absolute Gasteiger partial charge is 0.248 e. The van der Waals surface area contributed by atoms with Crippen molar-refractivity contribution in [3.63, 3.8) is 0 Å². The number of halogens is 4. The van der Waals surface area contributed by atoms with Gasteiger partial charge in [-0.2, -0.15) is 18.3 Å². The van der Waals surface area contributed by atoms with Gasteiger partial charge in [-0.1, -0.05) is 11.6 Å². The Bertz CT molecular complexity index is 807. The van der Waals surface area contributed by atoms with Crippen molar-refractivity contribution in [1.82, 2.24) is 14.8 Å². The highest BCUT2D eigenvalue weighted by Crippen LogP contribution is 2.38. The quantitative estimate of drug-likeness (QED) is 0.672. The Balaban J connectivity index is 2.31. The summed E-state index contributed by atoms with van der Waals surface area (Å²) in [6, 6.07) is 4.35. The van der Waals surface area contributed by atoms with Crippen LogP contribution in [0.1, 0.15) is 12.5 Å². The summed E-state index contributed by atoms with van der Waals surface area (Å²) < 4.78 is 41.7. The largest absolute Gasteiger partial charge is 0.417 e. The number of aryl methyl sites for hydroxylation is 1. The lowest BCUT2D eigenvalue weighted by Gasteiger charge is -2.10. The van der Waals surface area contributed by atoms with Gasteiger partial charge in [-0.05, 0) is 25.1 Å². The maximum atomic E-state index is 13.2. The Morgan fingerprint density at radius 1 is 1.33 bits per heavy atom. The molecule has 0 aromatic carbocycles. The highest BCUT2D eigenvalue weighted by Gasteiger charge is 2.34. The van der Waals surface area contributed by atoms with E-state index in [1.165, 1.54) is 22.2 Å². The summed E-state index contributed by atoms with van der Waals surface area (Å²) in [5.41, 5.74) is -0.250. The van der Waals surface area contributed by atoms with Crippen LogP contribution in [0.3, 0.4) is 0 Å². The normalized spacial score (nSPS) is 12.2. The Hall–Kier alpha value is -1.60. The third-order valence-corrected chi connectivity index (χ3v) is 4.29. The second kappa shape index (κ2) is 4.99. The van der Waals surface area contributed by atoms with E-state index in [4.69, 9.17) is 11.6 Å². The molecule has 3 nitrogen and oxygen atoms in total. The second-order valence-corrected chi connectivity index (χ2v) is 6.07. The number of hydrogen-bond donors (Lipinski definition) is 0. The molecule has 21 heavy (non-hydrogen) atoms. The lowest BCUT2D eigenvalue weighted by atomic mass is 10.1. The number of aromatic nitrogens is 3. The van der Waals surface area contributed by atoms with Crippen LogP contribution >= 0.6 is 22.9 Å². The van der Waals surface area contributed by atoms with Crippen LogP contribution in [0.2, 0.25) is 4.34 Å². The standard InChI is InChI=1S/C13H9ClF3N3S/c1-2-20-12-7(6-18-20)8(13(15,16)17)5-9(19-12)10-3-4-11(14)21-10/h3-6H,2H2,1H3. The van der Waals surface area contributed by atoms with E-state index in [1.54, 1.807) is 19.1 Å². The van der Waals surface area contributed by atoms with Gasteiger partial charge in [0.25, 0.3) is 0 Å². The van der Waals surface area contributed by atoms with Crippen LogP contribution in [0.5, 0.6) is 0 Å². The fraction of sp³-hybridized carbons (Fsp3) is 0.231. The predicted octanol–water partition coefficient (Wildman–Crippen LogP) is 4.85. The van der Waals surface area contributed by atoms with E-state index in [0.717, 1.165) is 6.07 Å². The molecule has 0 unspecified atom stereocenters. The Labute approximate surface area is 127 Å². The van der Waals surface area contributed by atoms with Gasteiger partial charge in [-0.15, -0.1) is 11.3 Å². The molecule has 0 aliphatic carbocycles. The summed E-state index contributed by atoms with van der Waals surface area (Å²) in [7, 11) is 0. The third kappa shape index (κ3) is 2.51. The topological polar surface area (TPSA) is 30.7 Å². The number of nitrogens with zero attached hydrogens (tertiary/aromatic N) is 3. The Morgan fingerprint density at radius 3 is 2.67 bits per heavy atom. The van der Waals surface area contributed by atoms with Gasteiger partial charge in [0.2, 0.25) is 0 Å². The van der Waals surface area contributed by atoms with Gasteiger partial charge >= 0.3 is 6.18 Å². The van der Waals surface area contributed by atoms with Crippen molar-refractivity contribution in [3.8, 4) is 10.6 Å². The SMILES string of the molecule is CCn1ncc2c(C(F)(F)F)cc(-c3ccc(Cl)s3)nc21. The monoisotopic (exact) mass is 331 g/mol. The first-order chi connectivity index (χ1) is 9.90. The second-order valence-electron chi connectivity index (χ2n) is 4.35. The zero-order chi connectivity index (χ0) is 15.2. The van der Waals surface area contributed by atoms with Crippen LogP contribution in [-0.2, 0) is 12.7 Å². The molecule has 3 aromatic heterocycles. The first-order valence-corrected chi connectivity index (χ1v) is 7.29. The lowest BCUT2D eigenvalue weighted by molar-refractivity contribution is -0.136. The fourth-order valence-electron chi connectivity index (χ4n) is 2.09. The minimum Gasteiger partial charge on any atom is -0.248 e. The number of fused-ring (bicyclic) bond motifs is 1. The van der Waals surface area contributed by atoms with Gasteiger partial charge in [-0.3, -0.25) is 0 Å². The van der Waals surface area contributed by atoms with Crippen LogP contribution in [0.25, 0.3) is 21.6 Å². The average molecular weight is 332 g/mol. The van der Waals surface area contributed by atoms with Crippen LogP contribution in [0, 0.1) is 0 Å². The van der Waals surface area contributed by atoms with Crippen molar-refractivity contribution in [2.45, 2.75) is 19.6 Å². The molecule has 0 fully saturated rings. The number of alkyl halides is 3. The molecule has 0 amide bonds. The maximum Gasteiger partial charge on any atom is 0.417 e. The molecule has 0 saturated carbocycles. The van der Waals surface area contributed by atoms with Crippen molar-refractivity contribution >= 4 is 34.0 Å². The first-order valence-electron chi connectivity index (χ1n) is 6.09.